The molecule has 3 N–H and O–H groups in total. The van der Waals surface area contributed by atoms with Crippen molar-refractivity contribution in [1.82, 2.24) is 10.3 Å². The van der Waals surface area contributed by atoms with Crippen LogP contribution in [0.5, 0.6) is 17.2 Å². The molecule has 1 aliphatic carbocycles. The summed E-state index contributed by atoms with van der Waals surface area (Å²) in [6, 6.07) is 6.70. The summed E-state index contributed by atoms with van der Waals surface area (Å²) in [4.78, 5) is 42.9. The maximum atomic E-state index is 13.4. The molecule has 10 nitrogen and oxygen atoms in total. The van der Waals surface area contributed by atoms with E-state index < -0.39 is 0 Å². The molecule has 2 aromatic carbocycles. The monoisotopic (exact) mass is 566 g/mol. The summed E-state index contributed by atoms with van der Waals surface area (Å²) >= 11 is 1.42. The van der Waals surface area contributed by atoms with Crippen molar-refractivity contribution in [2.45, 2.75) is 45.6 Å². The van der Waals surface area contributed by atoms with E-state index in [1.165, 1.54) is 18.3 Å². The van der Waals surface area contributed by atoms with Crippen LogP contribution in [0.1, 0.15) is 48.2 Å². The Morgan fingerprint density at radius 1 is 1.10 bits per heavy atom. The predicted molar refractivity (Wildman–Crippen MR) is 156 cm³/mol. The van der Waals surface area contributed by atoms with E-state index in [9.17, 15) is 14.4 Å². The molecule has 0 bridgehead atoms. The highest BCUT2D eigenvalue weighted by molar-refractivity contribution is 7.15. The van der Waals surface area contributed by atoms with Crippen molar-refractivity contribution in [3.05, 3.63) is 56.7 Å². The lowest BCUT2D eigenvalue weighted by Crippen LogP contribution is -2.26. The molecular weight excluding hydrogens is 532 g/mol. The third kappa shape index (κ3) is 6.36. The number of methoxy groups -OCH3 is 3. The molecule has 1 aliphatic rings. The van der Waals surface area contributed by atoms with Gasteiger partial charge in [0.05, 0.1) is 33.1 Å². The fourth-order valence-corrected chi connectivity index (χ4v) is 5.60. The first-order valence-corrected chi connectivity index (χ1v) is 13.8. The number of ether oxygens (including phenoxy) is 3. The van der Waals surface area contributed by atoms with Crippen LogP contribution in [0.15, 0.2) is 35.3 Å². The molecule has 0 spiro atoms. The lowest BCUT2D eigenvalue weighted by molar-refractivity contribution is -0.119. The Hall–Kier alpha value is -4.12. The third-order valence-corrected chi connectivity index (χ3v) is 7.51. The zero-order valence-electron chi connectivity index (χ0n) is 23.3. The number of nitrogens with one attached hydrogen (secondary N) is 3. The van der Waals surface area contributed by atoms with E-state index in [0.29, 0.717) is 59.4 Å². The summed E-state index contributed by atoms with van der Waals surface area (Å²) in [5.41, 5.74) is 3.37. The number of carbonyl (C=O) groups is 2. The second-order valence-corrected chi connectivity index (χ2v) is 10.7. The van der Waals surface area contributed by atoms with Gasteiger partial charge >= 0.3 is 0 Å². The fourth-order valence-electron chi connectivity index (χ4n) is 4.92. The summed E-state index contributed by atoms with van der Waals surface area (Å²) in [6.07, 6.45) is 3.73. The summed E-state index contributed by atoms with van der Waals surface area (Å²) in [5.74, 6) is 1.17. The van der Waals surface area contributed by atoms with Gasteiger partial charge in [-0.3, -0.25) is 14.4 Å². The Morgan fingerprint density at radius 2 is 1.88 bits per heavy atom. The second-order valence-electron chi connectivity index (χ2n) is 9.45. The molecular formula is C29H34N4O6S. The Balaban J connectivity index is 1.65. The Labute approximate surface area is 237 Å². The van der Waals surface area contributed by atoms with Crippen LogP contribution in [0.3, 0.4) is 0 Å². The van der Waals surface area contributed by atoms with E-state index >= 15 is 0 Å². The molecule has 0 aliphatic heterocycles. The van der Waals surface area contributed by atoms with Crippen LogP contribution in [0.2, 0.25) is 0 Å². The first-order chi connectivity index (χ1) is 19.2. The zero-order valence-corrected chi connectivity index (χ0v) is 24.1. The van der Waals surface area contributed by atoms with Gasteiger partial charge in [0, 0.05) is 36.5 Å². The third-order valence-electron chi connectivity index (χ3n) is 6.68. The van der Waals surface area contributed by atoms with Gasteiger partial charge in [-0.05, 0) is 61.1 Å². The molecule has 212 valence electrons. The number of thiazole rings is 1. The second kappa shape index (κ2) is 12.8. The SMILES string of the molecule is COc1cc2c(c(OC)c1OC)-c1ccc(NCCCC(=O)Nc3ncc(C)s3)c(=O)cc1[C@H](NC(C)=O)CC2. The lowest BCUT2D eigenvalue weighted by Gasteiger charge is -2.19. The molecule has 4 rings (SSSR count). The number of benzene rings is 1. The topological polar surface area (TPSA) is 128 Å². The van der Waals surface area contributed by atoms with Crippen LogP contribution in [0.25, 0.3) is 11.1 Å². The van der Waals surface area contributed by atoms with Gasteiger partial charge in [-0.1, -0.05) is 6.07 Å². The van der Waals surface area contributed by atoms with Gasteiger partial charge in [0.1, 0.15) is 0 Å². The Bertz CT molecular complexity index is 1470. The van der Waals surface area contributed by atoms with Crippen molar-refractivity contribution < 1.29 is 23.8 Å². The average Bonchev–Trinajstić information content (AvgIpc) is 3.19. The standard InChI is InChI=1S/C29H34N4O6S/c1-16-15-31-29(40-16)33-25(36)7-6-12-30-22-11-9-19-20(14-23(22)35)21(32-17(2)34)10-8-18-13-24(37-3)27(38-4)28(39-5)26(18)19/h9,11,13-15,21H,6-8,10,12H2,1-5H3,(H,30,35)(H,32,34)(H,31,33,36)/t21-/m1/s1. The molecule has 1 aromatic heterocycles. The highest BCUT2D eigenvalue weighted by atomic mass is 32.1. The number of anilines is 2. The molecule has 0 fully saturated rings. The average molecular weight is 567 g/mol. The first kappa shape index (κ1) is 28.9. The minimum Gasteiger partial charge on any atom is -0.493 e. The van der Waals surface area contributed by atoms with E-state index in [1.54, 1.807) is 39.7 Å². The van der Waals surface area contributed by atoms with Gasteiger partial charge in [-0.2, -0.15) is 0 Å². The number of aryl methyl sites for hydroxylation is 2. The van der Waals surface area contributed by atoms with Crippen LogP contribution >= 0.6 is 11.3 Å². The van der Waals surface area contributed by atoms with Gasteiger partial charge in [-0.25, -0.2) is 4.98 Å². The highest BCUT2D eigenvalue weighted by Gasteiger charge is 2.29. The van der Waals surface area contributed by atoms with Crippen molar-refractivity contribution in [3.8, 4) is 28.4 Å². The number of fused-ring (bicyclic) bond motifs is 3. The summed E-state index contributed by atoms with van der Waals surface area (Å²) in [5, 5.41) is 9.55. The molecule has 40 heavy (non-hydrogen) atoms. The molecule has 1 atom stereocenters. The lowest BCUT2D eigenvalue weighted by atomic mass is 9.95. The quantitative estimate of drug-likeness (QED) is 0.307. The number of rotatable bonds is 10. The molecule has 0 saturated heterocycles. The van der Waals surface area contributed by atoms with Crippen LogP contribution in [-0.2, 0) is 16.0 Å². The maximum Gasteiger partial charge on any atom is 0.226 e. The number of hydrogen-bond donors (Lipinski definition) is 3. The first-order valence-electron chi connectivity index (χ1n) is 13.0. The highest BCUT2D eigenvalue weighted by Crippen LogP contribution is 2.50. The number of hydrogen-bond acceptors (Lipinski definition) is 9. The van der Waals surface area contributed by atoms with E-state index in [4.69, 9.17) is 14.2 Å². The molecule has 0 radical (unpaired) electrons. The Morgan fingerprint density at radius 3 is 2.52 bits per heavy atom. The van der Waals surface area contributed by atoms with Crippen molar-refractivity contribution in [1.29, 1.82) is 0 Å². The number of amides is 2. The minimum absolute atomic E-state index is 0.130. The van der Waals surface area contributed by atoms with E-state index in [0.717, 1.165) is 21.6 Å². The van der Waals surface area contributed by atoms with E-state index in [-0.39, 0.29) is 29.7 Å². The molecule has 3 aromatic rings. The smallest absolute Gasteiger partial charge is 0.226 e. The van der Waals surface area contributed by atoms with Gasteiger partial charge in [0.2, 0.25) is 23.0 Å². The van der Waals surface area contributed by atoms with Crippen LogP contribution < -0.4 is 35.6 Å². The van der Waals surface area contributed by atoms with Gasteiger partial charge in [0.25, 0.3) is 0 Å². The molecule has 1 heterocycles. The summed E-state index contributed by atoms with van der Waals surface area (Å²) in [6.45, 7) is 3.82. The summed E-state index contributed by atoms with van der Waals surface area (Å²) < 4.78 is 17.0. The zero-order chi connectivity index (χ0) is 28.8. The van der Waals surface area contributed by atoms with Crippen molar-refractivity contribution in [3.63, 3.8) is 0 Å². The largest absolute Gasteiger partial charge is 0.493 e. The van der Waals surface area contributed by atoms with Crippen LogP contribution in [0, 0.1) is 6.92 Å². The van der Waals surface area contributed by atoms with Gasteiger partial charge in [0.15, 0.2) is 16.6 Å². The predicted octanol–water partition coefficient (Wildman–Crippen LogP) is 4.46. The minimum atomic E-state index is -0.382. The van der Waals surface area contributed by atoms with Gasteiger partial charge in [-0.15, -0.1) is 11.3 Å². The molecule has 0 saturated carbocycles. The van der Waals surface area contributed by atoms with Gasteiger partial charge < -0.3 is 30.2 Å². The fraction of sp³-hybridized carbons (Fsp3) is 0.379. The molecule has 2 amide bonds. The van der Waals surface area contributed by atoms with E-state index in [2.05, 4.69) is 20.9 Å². The number of aromatic nitrogens is 1. The van der Waals surface area contributed by atoms with E-state index in [1.807, 2.05) is 19.1 Å². The summed E-state index contributed by atoms with van der Waals surface area (Å²) in [7, 11) is 4.68. The van der Waals surface area contributed by atoms with Crippen LogP contribution in [-0.4, -0.2) is 44.7 Å². The maximum absolute atomic E-state index is 13.4. The normalized spacial score (nSPS) is 13.8. The Kier molecular flexibility index (Phi) is 9.26. The van der Waals surface area contributed by atoms with Crippen LogP contribution in [0.4, 0.5) is 10.8 Å². The molecule has 0 unspecified atom stereocenters. The number of carbonyl (C=O) groups excluding carboxylic acids is 2. The van der Waals surface area contributed by atoms with Crippen molar-refractivity contribution in [2.75, 3.05) is 38.5 Å². The van der Waals surface area contributed by atoms with Crippen molar-refractivity contribution in [2.24, 2.45) is 0 Å². The van der Waals surface area contributed by atoms with Crippen molar-refractivity contribution >= 4 is 34.0 Å². The molecule has 11 heteroatoms. The number of nitrogens with zero attached hydrogens (tertiary/aromatic N) is 1.